The van der Waals surface area contributed by atoms with Crippen molar-refractivity contribution in [3.63, 3.8) is 0 Å². The minimum Gasteiger partial charge on any atom is -0.278 e. The first-order valence-corrected chi connectivity index (χ1v) is 22.9. The van der Waals surface area contributed by atoms with Gasteiger partial charge in [-0.2, -0.15) is 0 Å². The second-order valence-electron chi connectivity index (χ2n) is 16.4. The molecule has 0 amide bonds. The van der Waals surface area contributed by atoms with Crippen LogP contribution in [0, 0.1) is 0 Å². The summed E-state index contributed by atoms with van der Waals surface area (Å²) in [5.74, 6) is 1.19. The lowest BCUT2D eigenvalue weighted by molar-refractivity contribution is 0.995. The number of hydrogen-bond acceptors (Lipinski definition) is 7. The van der Waals surface area contributed by atoms with Crippen molar-refractivity contribution in [2.75, 3.05) is 0 Å². The number of rotatable bonds is 8. The lowest BCUT2D eigenvalue weighted by atomic mass is 10.1. The molecule has 0 radical (unpaired) electrons. The average molecular weight is 877 g/mol. The van der Waals surface area contributed by atoms with Crippen LogP contribution in [0.5, 0.6) is 0 Å². The lowest BCUT2D eigenvalue weighted by Gasteiger charge is -2.12. The van der Waals surface area contributed by atoms with E-state index in [1.807, 2.05) is 72.8 Å². The quantitative estimate of drug-likeness (QED) is 0.151. The summed E-state index contributed by atoms with van der Waals surface area (Å²) in [5, 5.41) is 15.8. The fourth-order valence-corrected chi connectivity index (χ4v) is 10.1. The Morgan fingerprint density at radius 1 is 0.299 bits per heavy atom. The zero-order valence-electron chi connectivity index (χ0n) is 35.8. The SMILES string of the molecule is c1ccc(-c2cc(-c3ccccc3)nc(-n3c4ccccc4c4cc(-c5nnc(-c6cccc7c8ccccc8n(-c8nc(-c9ccccc9)cc(-c9ccccc9)n8)c67)s5)ccc43)n2)cc1. The van der Waals surface area contributed by atoms with Gasteiger partial charge in [0.05, 0.1) is 44.8 Å². The summed E-state index contributed by atoms with van der Waals surface area (Å²) in [6.45, 7) is 0. The molecule has 8 nitrogen and oxygen atoms in total. The average Bonchev–Trinajstić information content (AvgIpc) is 4.13. The summed E-state index contributed by atoms with van der Waals surface area (Å²) in [6.07, 6.45) is 0. The van der Waals surface area contributed by atoms with Gasteiger partial charge in [0.15, 0.2) is 0 Å². The molecule has 0 N–H and O–H groups in total. The molecule has 5 heterocycles. The number of para-hydroxylation sites is 3. The number of aromatic nitrogens is 8. The Hall–Kier alpha value is -8.92. The molecule has 0 saturated heterocycles. The van der Waals surface area contributed by atoms with Gasteiger partial charge in [0, 0.05) is 54.9 Å². The fraction of sp³-hybridized carbons (Fsp3) is 0. The van der Waals surface area contributed by atoms with E-state index in [0.29, 0.717) is 11.9 Å². The molecule has 9 heteroatoms. The Morgan fingerprint density at radius 3 is 1.25 bits per heavy atom. The molecule has 5 aromatic heterocycles. The van der Waals surface area contributed by atoms with Gasteiger partial charge in [0.2, 0.25) is 11.9 Å². The maximum Gasteiger partial charge on any atom is 0.235 e. The largest absolute Gasteiger partial charge is 0.278 e. The first-order chi connectivity index (χ1) is 33.2. The standard InChI is InChI=1S/C58H36N8S/c1-5-18-37(19-6-1)47-35-48(38-20-7-2-8-21-38)60-57(59-47)65-51-30-15-14-27-43(51)46-34-41(32-33-53(46)65)55-63-64-56(67-55)45-29-17-28-44-42-26-13-16-31-52(42)66(54(44)45)58-61-49(39-22-9-3-10-23-39)36-50(62-58)40-24-11-4-12-25-40/h1-36H. The van der Waals surface area contributed by atoms with Crippen LogP contribution >= 0.6 is 11.3 Å². The maximum atomic E-state index is 5.29. The van der Waals surface area contributed by atoms with Crippen LogP contribution in [0.3, 0.4) is 0 Å². The highest BCUT2D eigenvalue weighted by Crippen LogP contribution is 2.42. The lowest BCUT2D eigenvalue weighted by Crippen LogP contribution is -2.04. The van der Waals surface area contributed by atoms with Gasteiger partial charge in [-0.1, -0.05) is 181 Å². The zero-order chi connectivity index (χ0) is 44.3. The van der Waals surface area contributed by atoms with E-state index in [4.69, 9.17) is 30.1 Å². The van der Waals surface area contributed by atoms with Crippen molar-refractivity contribution in [3.05, 3.63) is 218 Å². The van der Waals surface area contributed by atoms with Crippen LogP contribution in [0.1, 0.15) is 0 Å². The van der Waals surface area contributed by atoms with Gasteiger partial charge in [-0.05, 0) is 48.5 Å². The van der Waals surface area contributed by atoms with Crippen LogP contribution in [0.4, 0.5) is 0 Å². The van der Waals surface area contributed by atoms with Gasteiger partial charge < -0.3 is 0 Å². The molecule has 0 unspecified atom stereocenters. The molecule has 0 bridgehead atoms. The van der Waals surface area contributed by atoms with E-state index in [1.165, 1.54) is 0 Å². The molecular weight excluding hydrogens is 841 g/mol. The summed E-state index contributed by atoms with van der Waals surface area (Å²) >= 11 is 1.58. The van der Waals surface area contributed by atoms with Crippen molar-refractivity contribution in [1.82, 2.24) is 39.3 Å². The molecule has 0 aliphatic heterocycles. The first kappa shape index (κ1) is 38.5. The highest BCUT2D eigenvalue weighted by Gasteiger charge is 2.23. The van der Waals surface area contributed by atoms with Gasteiger partial charge in [-0.25, -0.2) is 19.9 Å². The van der Waals surface area contributed by atoms with E-state index in [1.54, 1.807) is 11.3 Å². The van der Waals surface area contributed by atoms with Crippen LogP contribution in [0.2, 0.25) is 0 Å². The molecular formula is C58H36N8S. The molecule has 13 rings (SSSR count). The molecule has 314 valence electrons. The normalized spacial score (nSPS) is 11.6. The van der Waals surface area contributed by atoms with E-state index in [-0.39, 0.29) is 0 Å². The first-order valence-electron chi connectivity index (χ1n) is 22.1. The Morgan fingerprint density at radius 2 is 0.716 bits per heavy atom. The molecule has 0 saturated carbocycles. The Bertz CT molecular complexity index is 3860. The summed E-state index contributed by atoms with van der Waals surface area (Å²) in [7, 11) is 0. The Labute approximate surface area is 388 Å². The maximum absolute atomic E-state index is 5.29. The van der Waals surface area contributed by atoms with Crippen LogP contribution < -0.4 is 0 Å². The second kappa shape index (κ2) is 16.0. The number of nitrogens with zero attached hydrogens (tertiary/aromatic N) is 8. The minimum absolute atomic E-state index is 0.583. The van der Waals surface area contributed by atoms with E-state index in [0.717, 1.165) is 110 Å². The number of benzene rings is 8. The van der Waals surface area contributed by atoms with Gasteiger partial charge in [0.25, 0.3) is 0 Å². The molecule has 0 spiro atoms. The predicted molar refractivity (Wildman–Crippen MR) is 272 cm³/mol. The molecule has 0 fully saturated rings. The third-order valence-electron chi connectivity index (χ3n) is 12.4. The van der Waals surface area contributed by atoms with Crippen molar-refractivity contribution >= 4 is 54.9 Å². The zero-order valence-corrected chi connectivity index (χ0v) is 36.6. The number of hydrogen-bond donors (Lipinski definition) is 0. The summed E-state index contributed by atoms with van der Waals surface area (Å²) < 4.78 is 4.37. The second-order valence-corrected chi connectivity index (χ2v) is 17.4. The Balaban J connectivity index is 0.962. The van der Waals surface area contributed by atoms with Crippen molar-refractivity contribution in [1.29, 1.82) is 0 Å². The highest BCUT2D eigenvalue weighted by atomic mass is 32.1. The fourth-order valence-electron chi connectivity index (χ4n) is 9.27. The molecule has 0 atom stereocenters. The van der Waals surface area contributed by atoms with Crippen molar-refractivity contribution in [2.45, 2.75) is 0 Å². The summed E-state index contributed by atoms with van der Waals surface area (Å²) in [4.78, 5) is 21.0. The highest BCUT2D eigenvalue weighted by molar-refractivity contribution is 7.18. The van der Waals surface area contributed by atoms with Crippen molar-refractivity contribution in [2.24, 2.45) is 0 Å². The summed E-state index contributed by atoms with van der Waals surface area (Å²) in [5.41, 5.74) is 13.4. The minimum atomic E-state index is 0.583. The third-order valence-corrected chi connectivity index (χ3v) is 13.4. The van der Waals surface area contributed by atoms with E-state index in [2.05, 4.69) is 155 Å². The van der Waals surface area contributed by atoms with Gasteiger partial charge in [-0.3, -0.25) is 9.13 Å². The van der Waals surface area contributed by atoms with Crippen LogP contribution in [0.25, 0.3) is 122 Å². The van der Waals surface area contributed by atoms with Gasteiger partial charge >= 0.3 is 0 Å². The molecule has 8 aromatic carbocycles. The van der Waals surface area contributed by atoms with Gasteiger partial charge in [0.1, 0.15) is 10.0 Å². The molecule has 13 aromatic rings. The van der Waals surface area contributed by atoms with E-state index in [9.17, 15) is 0 Å². The predicted octanol–water partition coefficient (Wildman–Crippen LogP) is 14.3. The third kappa shape index (κ3) is 6.67. The number of fused-ring (bicyclic) bond motifs is 6. The molecule has 67 heavy (non-hydrogen) atoms. The van der Waals surface area contributed by atoms with Crippen LogP contribution in [-0.4, -0.2) is 39.3 Å². The van der Waals surface area contributed by atoms with E-state index >= 15 is 0 Å². The van der Waals surface area contributed by atoms with Crippen molar-refractivity contribution < 1.29 is 0 Å². The van der Waals surface area contributed by atoms with Crippen LogP contribution in [-0.2, 0) is 0 Å². The van der Waals surface area contributed by atoms with Crippen LogP contribution in [0.15, 0.2) is 218 Å². The smallest absolute Gasteiger partial charge is 0.235 e. The molecule has 0 aliphatic rings. The monoisotopic (exact) mass is 876 g/mol. The van der Waals surface area contributed by atoms with Crippen molar-refractivity contribution in [3.8, 4) is 78.1 Å². The van der Waals surface area contributed by atoms with Gasteiger partial charge in [-0.15, -0.1) is 10.2 Å². The summed E-state index contributed by atoms with van der Waals surface area (Å²) in [6, 6.07) is 75.2. The van der Waals surface area contributed by atoms with E-state index < -0.39 is 0 Å². The topological polar surface area (TPSA) is 87.2 Å². The Kier molecular flexibility index (Phi) is 9.17. The molecule has 0 aliphatic carbocycles.